The molecule has 0 radical (unpaired) electrons. The Labute approximate surface area is 133 Å². The van der Waals surface area contributed by atoms with Crippen molar-refractivity contribution >= 4 is 23.3 Å². The fourth-order valence-corrected chi connectivity index (χ4v) is 3.15. The van der Waals surface area contributed by atoms with Gasteiger partial charge in [0, 0.05) is 21.6 Å². The molecule has 0 saturated heterocycles. The molecular weight excluding hydrogens is 294 g/mol. The summed E-state index contributed by atoms with van der Waals surface area (Å²) < 4.78 is 0. The Morgan fingerprint density at radius 2 is 1.45 bits per heavy atom. The standard InChI is InChI=1S/C18H15NO2S/c1-12-16(19-11-22-13-7-3-2-4-8-13)18(21)15-10-6-5-9-14(15)17(12)20/h2-10,19H,11H2,1H3. The number of allylic oxidation sites excluding steroid dienone is 2. The largest absolute Gasteiger partial charge is 0.372 e. The Morgan fingerprint density at radius 1 is 0.864 bits per heavy atom. The Morgan fingerprint density at radius 3 is 2.14 bits per heavy atom. The number of fused-ring (bicyclic) bond motifs is 1. The maximum atomic E-state index is 12.5. The molecular formula is C18H15NO2S. The summed E-state index contributed by atoms with van der Waals surface area (Å²) in [7, 11) is 0. The molecule has 0 fully saturated rings. The van der Waals surface area contributed by atoms with E-state index in [1.54, 1.807) is 43.0 Å². The average molecular weight is 309 g/mol. The molecule has 0 aliphatic heterocycles. The van der Waals surface area contributed by atoms with E-state index >= 15 is 0 Å². The third-order valence-corrected chi connectivity index (χ3v) is 4.48. The van der Waals surface area contributed by atoms with Gasteiger partial charge in [-0.25, -0.2) is 0 Å². The van der Waals surface area contributed by atoms with Gasteiger partial charge in [0.25, 0.3) is 0 Å². The third kappa shape index (κ3) is 2.70. The van der Waals surface area contributed by atoms with Crippen LogP contribution < -0.4 is 5.32 Å². The average Bonchev–Trinajstić information content (AvgIpc) is 2.57. The molecule has 0 spiro atoms. The van der Waals surface area contributed by atoms with Crippen molar-refractivity contribution in [1.29, 1.82) is 0 Å². The molecule has 0 bridgehead atoms. The number of carbonyl (C=O) groups is 2. The van der Waals surface area contributed by atoms with Gasteiger partial charge in [-0.3, -0.25) is 9.59 Å². The van der Waals surface area contributed by atoms with Gasteiger partial charge in [-0.1, -0.05) is 42.5 Å². The van der Waals surface area contributed by atoms with Gasteiger partial charge >= 0.3 is 0 Å². The smallest absolute Gasteiger partial charge is 0.210 e. The first-order valence-electron chi connectivity index (χ1n) is 6.99. The van der Waals surface area contributed by atoms with Crippen LogP contribution in [0.25, 0.3) is 0 Å². The van der Waals surface area contributed by atoms with Crippen LogP contribution >= 0.6 is 11.8 Å². The van der Waals surface area contributed by atoms with Crippen LogP contribution in [0.2, 0.25) is 0 Å². The maximum absolute atomic E-state index is 12.5. The fraction of sp³-hybridized carbons (Fsp3) is 0.111. The molecule has 0 amide bonds. The van der Waals surface area contributed by atoms with E-state index < -0.39 is 0 Å². The zero-order chi connectivity index (χ0) is 15.5. The van der Waals surface area contributed by atoms with Crippen LogP contribution in [0.5, 0.6) is 0 Å². The van der Waals surface area contributed by atoms with Crippen molar-refractivity contribution in [3.8, 4) is 0 Å². The molecule has 22 heavy (non-hydrogen) atoms. The topological polar surface area (TPSA) is 46.2 Å². The molecule has 0 atom stereocenters. The number of thioether (sulfide) groups is 1. The van der Waals surface area contributed by atoms with E-state index in [1.165, 1.54) is 0 Å². The summed E-state index contributed by atoms with van der Waals surface area (Å²) in [6.07, 6.45) is 0. The van der Waals surface area contributed by atoms with E-state index in [-0.39, 0.29) is 11.6 Å². The van der Waals surface area contributed by atoms with Crippen LogP contribution in [-0.4, -0.2) is 17.4 Å². The first-order valence-corrected chi connectivity index (χ1v) is 7.98. The first kappa shape index (κ1) is 14.6. The van der Waals surface area contributed by atoms with Crippen LogP contribution in [-0.2, 0) is 0 Å². The molecule has 2 aromatic carbocycles. The molecule has 1 aliphatic carbocycles. The number of carbonyl (C=O) groups excluding carboxylic acids is 2. The van der Waals surface area contributed by atoms with Gasteiger partial charge in [0.2, 0.25) is 5.78 Å². The van der Waals surface area contributed by atoms with Gasteiger partial charge < -0.3 is 5.32 Å². The van der Waals surface area contributed by atoms with E-state index in [0.29, 0.717) is 28.3 Å². The molecule has 110 valence electrons. The van der Waals surface area contributed by atoms with Crippen LogP contribution in [0.15, 0.2) is 70.8 Å². The van der Waals surface area contributed by atoms with Crippen molar-refractivity contribution in [2.45, 2.75) is 11.8 Å². The summed E-state index contributed by atoms with van der Waals surface area (Å²) in [5.74, 6) is 0.349. The Kier molecular flexibility index (Phi) is 4.11. The SMILES string of the molecule is CC1=C(NCSc2ccccc2)C(=O)c2ccccc2C1=O. The van der Waals surface area contributed by atoms with Crippen LogP contribution in [0.1, 0.15) is 27.6 Å². The van der Waals surface area contributed by atoms with Crippen molar-refractivity contribution < 1.29 is 9.59 Å². The van der Waals surface area contributed by atoms with Gasteiger partial charge in [0.15, 0.2) is 5.78 Å². The number of ketones is 2. The minimum absolute atomic E-state index is 0.0811. The lowest BCUT2D eigenvalue weighted by atomic mass is 9.88. The van der Waals surface area contributed by atoms with E-state index in [9.17, 15) is 9.59 Å². The molecule has 1 N–H and O–H groups in total. The molecule has 0 unspecified atom stereocenters. The number of benzene rings is 2. The van der Waals surface area contributed by atoms with Gasteiger partial charge in [-0.15, -0.1) is 11.8 Å². The second-order valence-corrected chi connectivity index (χ2v) is 6.03. The third-order valence-electron chi connectivity index (χ3n) is 3.59. The first-order chi connectivity index (χ1) is 10.7. The number of nitrogens with one attached hydrogen (secondary N) is 1. The molecule has 2 aromatic rings. The number of hydrogen-bond acceptors (Lipinski definition) is 4. The lowest BCUT2D eigenvalue weighted by Crippen LogP contribution is -2.29. The second kappa shape index (κ2) is 6.20. The zero-order valence-electron chi connectivity index (χ0n) is 12.1. The summed E-state index contributed by atoms with van der Waals surface area (Å²) in [5, 5.41) is 3.11. The highest BCUT2D eigenvalue weighted by Crippen LogP contribution is 2.25. The van der Waals surface area contributed by atoms with E-state index in [2.05, 4.69) is 5.32 Å². The summed E-state index contributed by atoms with van der Waals surface area (Å²) in [6.45, 7) is 1.70. The van der Waals surface area contributed by atoms with Gasteiger partial charge in [0.1, 0.15) is 0 Å². The molecule has 3 rings (SSSR count). The van der Waals surface area contributed by atoms with E-state index in [4.69, 9.17) is 0 Å². The Balaban J connectivity index is 1.77. The molecule has 4 heteroatoms. The molecule has 0 aromatic heterocycles. The number of rotatable bonds is 4. The number of Topliss-reactive ketones (excluding diaryl/α,β-unsaturated/α-hetero) is 2. The second-order valence-electron chi connectivity index (χ2n) is 4.98. The predicted octanol–water partition coefficient (Wildman–Crippen LogP) is 3.68. The van der Waals surface area contributed by atoms with Crippen molar-refractivity contribution in [2.24, 2.45) is 0 Å². The van der Waals surface area contributed by atoms with E-state index in [0.717, 1.165) is 4.90 Å². The maximum Gasteiger partial charge on any atom is 0.210 e. The monoisotopic (exact) mass is 309 g/mol. The summed E-state index contributed by atoms with van der Waals surface area (Å²) >= 11 is 1.59. The highest BCUT2D eigenvalue weighted by Gasteiger charge is 2.29. The molecule has 0 saturated carbocycles. The molecule has 3 nitrogen and oxygen atoms in total. The quantitative estimate of drug-likeness (QED) is 0.691. The summed E-state index contributed by atoms with van der Waals surface area (Å²) in [4.78, 5) is 26.0. The lowest BCUT2D eigenvalue weighted by molar-refractivity contribution is 0.0969. The normalized spacial score (nSPS) is 14.0. The minimum Gasteiger partial charge on any atom is -0.372 e. The number of hydrogen-bond donors (Lipinski definition) is 1. The van der Waals surface area contributed by atoms with Crippen molar-refractivity contribution in [2.75, 3.05) is 5.88 Å². The summed E-state index contributed by atoms with van der Waals surface area (Å²) in [5.41, 5.74) is 1.86. The Hall–Kier alpha value is -2.33. The lowest BCUT2D eigenvalue weighted by Gasteiger charge is -2.19. The highest BCUT2D eigenvalue weighted by atomic mass is 32.2. The van der Waals surface area contributed by atoms with E-state index in [1.807, 2.05) is 30.3 Å². The Bertz CT molecular complexity index is 766. The van der Waals surface area contributed by atoms with Crippen molar-refractivity contribution in [3.05, 3.63) is 77.0 Å². The fourth-order valence-electron chi connectivity index (χ4n) is 2.42. The minimum atomic E-state index is -0.110. The van der Waals surface area contributed by atoms with Crippen LogP contribution in [0.3, 0.4) is 0 Å². The van der Waals surface area contributed by atoms with Gasteiger partial charge in [-0.2, -0.15) is 0 Å². The van der Waals surface area contributed by atoms with Crippen molar-refractivity contribution in [3.63, 3.8) is 0 Å². The van der Waals surface area contributed by atoms with Gasteiger partial charge in [-0.05, 0) is 19.1 Å². The predicted molar refractivity (Wildman–Crippen MR) is 88.1 cm³/mol. The highest BCUT2D eigenvalue weighted by molar-refractivity contribution is 7.99. The van der Waals surface area contributed by atoms with Crippen LogP contribution in [0, 0.1) is 0 Å². The summed E-state index contributed by atoms with van der Waals surface area (Å²) in [6, 6.07) is 16.9. The van der Waals surface area contributed by atoms with Gasteiger partial charge in [0.05, 0.1) is 11.6 Å². The zero-order valence-corrected chi connectivity index (χ0v) is 12.9. The van der Waals surface area contributed by atoms with Crippen molar-refractivity contribution in [1.82, 2.24) is 5.32 Å². The molecule has 1 aliphatic rings. The van der Waals surface area contributed by atoms with Crippen LogP contribution in [0.4, 0.5) is 0 Å². The molecule has 0 heterocycles.